The summed E-state index contributed by atoms with van der Waals surface area (Å²) in [5.41, 5.74) is 1.20. The summed E-state index contributed by atoms with van der Waals surface area (Å²) in [6.45, 7) is 8.30. The van der Waals surface area contributed by atoms with E-state index in [0.717, 1.165) is 17.7 Å². The Morgan fingerprint density at radius 3 is 2.22 bits per heavy atom. The molecule has 9 nitrogen and oxygen atoms in total. The molecule has 9 heteroatoms. The second kappa shape index (κ2) is 15.5. The van der Waals surface area contributed by atoms with Crippen molar-refractivity contribution in [3.63, 3.8) is 0 Å². The third kappa shape index (κ3) is 10.6. The molecular weight excluding hydrogens is 416 g/mol. The first-order chi connectivity index (χ1) is 15.4. The number of rotatable bonds is 15. The van der Waals surface area contributed by atoms with Gasteiger partial charge in [0, 0.05) is 23.7 Å². The summed E-state index contributed by atoms with van der Waals surface area (Å²) in [5.74, 6) is -1.69. The second-order valence-electron chi connectivity index (χ2n) is 6.61. The highest BCUT2D eigenvalue weighted by molar-refractivity contribution is 6.08. The summed E-state index contributed by atoms with van der Waals surface area (Å²) in [6, 6.07) is 5.69. The predicted molar refractivity (Wildman–Crippen MR) is 116 cm³/mol. The second-order valence-corrected chi connectivity index (χ2v) is 6.61. The molecule has 1 aromatic rings. The number of nitriles is 1. The summed E-state index contributed by atoms with van der Waals surface area (Å²) in [7, 11) is 1.20. The van der Waals surface area contributed by atoms with Gasteiger partial charge in [0.2, 0.25) is 0 Å². The lowest BCUT2D eigenvalue weighted by atomic mass is 10.0. The van der Waals surface area contributed by atoms with Crippen molar-refractivity contribution >= 4 is 17.7 Å². The first kappa shape index (κ1) is 26.7. The molecule has 0 aliphatic rings. The maximum absolute atomic E-state index is 12.4. The van der Waals surface area contributed by atoms with Gasteiger partial charge in [-0.15, -0.1) is 0 Å². The van der Waals surface area contributed by atoms with Crippen LogP contribution in [0.4, 0.5) is 0 Å². The Bertz CT molecular complexity index is 872. The molecule has 0 heterocycles. The first-order valence-corrected chi connectivity index (χ1v) is 9.88. The molecule has 0 saturated heterocycles. The van der Waals surface area contributed by atoms with Gasteiger partial charge < -0.3 is 24.3 Å². The van der Waals surface area contributed by atoms with Crippen molar-refractivity contribution in [2.24, 2.45) is 0 Å². The molecule has 1 aromatic carbocycles. The molecule has 0 fully saturated rings. The molecule has 1 N–H and O–H groups in total. The van der Waals surface area contributed by atoms with E-state index in [-0.39, 0.29) is 29.8 Å². The fourth-order valence-corrected chi connectivity index (χ4v) is 2.37. The highest BCUT2D eigenvalue weighted by atomic mass is 16.5. The van der Waals surface area contributed by atoms with E-state index in [4.69, 9.17) is 19.5 Å². The summed E-state index contributed by atoms with van der Waals surface area (Å²) in [6.07, 6.45) is 2.07. The number of amides is 1. The molecule has 0 radical (unpaired) electrons. The molecule has 32 heavy (non-hydrogen) atoms. The average molecular weight is 444 g/mol. The Balaban J connectivity index is 2.47. The van der Waals surface area contributed by atoms with Crippen molar-refractivity contribution < 1.29 is 33.3 Å². The zero-order chi connectivity index (χ0) is 23.8. The molecule has 1 rings (SSSR count). The van der Waals surface area contributed by atoms with E-state index in [1.807, 2.05) is 6.92 Å². The fraction of sp³-hybridized carbons (Fsp3) is 0.391. The van der Waals surface area contributed by atoms with Gasteiger partial charge in [-0.05, 0) is 31.2 Å². The van der Waals surface area contributed by atoms with Gasteiger partial charge in [-0.2, -0.15) is 5.26 Å². The van der Waals surface area contributed by atoms with Gasteiger partial charge in [0.1, 0.15) is 0 Å². The largest absolute Gasteiger partial charge is 0.465 e. The lowest BCUT2D eigenvalue weighted by Gasteiger charge is -2.09. The number of nitrogens with zero attached hydrogens (tertiary/aromatic N) is 1. The number of carbonyl (C=O) groups excluding carboxylic acids is 3. The normalized spacial score (nSPS) is 10.5. The van der Waals surface area contributed by atoms with Crippen LogP contribution in [-0.2, 0) is 18.9 Å². The van der Waals surface area contributed by atoms with Crippen LogP contribution in [0.5, 0.6) is 0 Å². The van der Waals surface area contributed by atoms with Crippen molar-refractivity contribution in [3.8, 4) is 6.07 Å². The number of nitrogens with one attached hydrogen (secondary N) is 1. The van der Waals surface area contributed by atoms with Crippen molar-refractivity contribution in [1.29, 1.82) is 5.26 Å². The predicted octanol–water partition coefficient (Wildman–Crippen LogP) is 2.09. The Kier molecular flexibility index (Phi) is 12.9. The molecule has 0 aromatic heterocycles. The third-order valence-corrected chi connectivity index (χ3v) is 3.83. The number of hydrogen-bond acceptors (Lipinski definition) is 8. The maximum atomic E-state index is 12.4. The highest BCUT2D eigenvalue weighted by Crippen LogP contribution is 2.13. The topological polar surface area (TPSA) is 124 Å². The van der Waals surface area contributed by atoms with Crippen molar-refractivity contribution in [3.05, 3.63) is 59.2 Å². The number of ketones is 1. The lowest BCUT2D eigenvalue weighted by molar-refractivity contribution is 0.0192. The van der Waals surface area contributed by atoms with Crippen LogP contribution in [0.15, 0.2) is 42.5 Å². The molecule has 0 unspecified atom stereocenters. The highest BCUT2D eigenvalue weighted by Gasteiger charge is 2.15. The zero-order valence-electron chi connectivity index (χ0n) is 18.3. The number of benzene rings is 1. The van der Waals surface area contributed by atoms with E-state index in [9.17, 15) is 14.4 Å². The summed E-state index contributed by atoms with van der Waals surface area (Å²) in [4.78, 5) is 36.5. The monoisotopic (exact) mass is 444 g/mol. The first-order valence-electron chi connectivity index (χ1n) is 9.88. The molecule has 0 aliphatic carbocycles. The van der Waals surface area contributed by atoms with Crippen molar-refractivity contribution in [1.82, 2.24) is 5.32 Å². The molecular formula is C23H28N2O7. The SMILES string of the molecule is C=C(C)COCCOCCOCCNC(=O)c1cc(C(=O)/C=C/C#N)cc(C(=O)OC)c1. The number of allylic oxidation sites excluding steroid dienone is 2. The molecule has 0 saturated carbocycles. The van der Waals surface area contributed by atoms with Crippen LogP contribution < -0.4 is 5.32 Å². The Hall–Kier alpha value is -3.32. The van der Waals surface area contributed by atoms with Crippen molar-refractivity contribution in [2.45, 2.75) is 6.92 Å². The molecule has 172 valence electrons. The molecule has 0 atom stereocenters. The molecule has 1 amide bonds. The zero-order valence-corrected chi connectivity index (χ0v) is 18.3. The Labute approximate surface area is 187 Å². The van der Waals surface area contributed by atoms with Crippen molar-refractivity contribution in [2.75, 3.05) is 53.3 Å². The average Bonchev–Trinajstić information content (AvgIpc) is 2.79. The molecule has 0 bridgehead atoms. The van der Waals surface area contributed by atoms with Gasteiger partial charge in [0.25, 0.3) is 5.91 Å². The van der Waals surface area contributed by atoms with Crippen LogP contribution in [0.25, 0.3) is 0 Å². The van der Waals surface area contributed by atoms with Gasteiger partial charge in [-0.25, -0.2) is 4.79 Å². The van der Waals surface area contributed by atoms with Crippen LogP contribution in [0, 0.1) is 11.3 Å². The van der Waals surface area contributed by atoms with E-state index < -0.39 is 17.7 Å². The quantitative estimate of drug-likeness (QED) is 0.109. The minimum absolute atomic E-state index is 0.0505. The van der Waals surface area contributed by atoms with Crippen LogP contribution >= 0.6 is 0 Å². The molecule has 0 spiro atoms. The van der Waals surface area contributed by atoms with Crippen LogP contribution in [-0.4, -0.2) is 71.0 Å². The van der Waals surface area contributed by atoms with E-state index >= 15 is 0 Å². The number of methoxy groups -OCH3 is 1. The van der Waals surface area contributed by atoms with Gasteiger partial charge in [0.05, 0.1) is 58.4 Å². The van der Waals surface area contributed by atoms with Gasteiger partial charge in [-0.1, -0.05) is 12.2 Å². The Morgan fingerprint density at radius 2 is 1.59 bits per heavy atom. The minimum Gasteiger partial charge on any atom is -0.465 e. The van der Waals surface area contributed by atoms with Gasteiger partial charge in [0.15, 0.2) is 5.78 Å². The standard InChI is InChI=1S/C23H28N2O7/c1-17(2)16-32-12-11-31-10-9-30-8-7-25-22(27)19-13-18(21(26)5-4-6-24)14-20(15-19)23(28)29-3/h4-5,13-15H,1,7-12,16H2,2-3H3,(H,25,27)/b5-4+. The number of carbonyl (C=O) groups is 3. The van der Waals surface area contributed by atoms with Gasteiger partial charge in [-0.3, -0.25) is 9.59 Å². The number of ether oxygens (including phenoxy) is 4. The number of hydrogen-bond donors (Lipinski definition) is 1. The lowest BCUT2D eigenvalue weighted by Crippen LogP contribution is -2.28. The molecule has 0 aliphatic heterocycles. The third-order valence-electron chi connectivity index (χ3n) is 3.83. The maximum Gasteiger partial charge on any atom is 0.337 e. The van der Waals surface area contributed by atoms with Crippen LogP contribution in [0.2, 0.25) is 0 Å². The minimum atomic E-state index is -0.689. The fourth-order valence-electron chi connectivity index (χ4n) is 2.37. The smallest absolute Gasteiger partial charge is 0.337 e. The summed E-state index contributed by atoms with van der Waals surface area (Å²) in [5, 5.41) is 11.2. The van der Waals surface area contributed by atoms with Gasteiger partial charge >= 0.3 is 5.97 Å². The van der Waals surface area contributed by atoms with E-state index in [2.05, 4.69) is 16.6 Å². The van der Waals surface area contributed by atoms with E-state index in [0.29, 0.717) is 33.0 Å². The summed E-state index contributed by atoms with van der Waals surface area (Å²) < 4.78 is 20.7. The van der Waals surface area contributed by atoms with Crippen LogP contribution in [0.1, 0.15) is 38.0 Å². The van der Waals surface area contributed by atoms with Crippen LogP contribution in [0.3, 0.4) is 0 Å². The number of esters is 1. The summed E-state index contributed by atoms with van der Waals surface area (Å²) >= 11 is 0. The van der Waals surface area contributed by atoms with E-state index in [1.54, 1.807) is 6.07 Å². The Morgan fingerprint density at radius 1 is 1.00 bits per heavy atom. The van der Waals surface area contributed by atoms with E-state index in [1.165, 1.54) is 25.3 Å².